The maximum absolute atomic E-state index is 5.54. The molecule has 16 heavy (non-hydrogen) atoms. The van der Waals surface area contributed by atoms with Gasteiger partial charge in [-0.15, -0.1) is 0 Å². The maximum Gasteiger partial charge on any atom is 0.000755 e. The van der Waals surface area contributed by atoms with Gasteiger partial charge < -0.3 is 5.73 Å². The summed E-state index contributed by atoms with van der Waals surface area (Å²) in [5.74, 6) is 0. The fourth-order valence-corrected chi connectivity index (χ4v) is 1.69. The Kier molecular flexibility index (Phi) is 4.17. The Hall–Kier alpha value is -1.24. The minimum absolute atomic E-state index is 0.240. The van der Waals surface area contributed by atoms with E-state index >= 15 is 0 Å². The third-order valence-electron chi connectivity index (χ3n) is 2.78. The Bertz CT molecular complexity index is 341. The summed E-state index contributed by atoms with van der Waals surface area (Å²) >= 11 is 0. The van der Waals surface area contributed by atoms with Gasteiger partial charge in [0.1, 0.15) is 0 Å². The van der Waals surface area contributed by atoms with E-state index in [1.807, 2.05) is 0 Å². The van der Waals surface area contributed by atoms with E-state index in [4.69, 9.17) is 5.73 Å². The molecule has 0 aromatic heterocycles. The average molecular weight is 217 g/mol. The van der Waals surface area contributed by atoms with Gasteiger partial charge in [0.05, 0.1) is 0 Å². The van der Waals surface area contributed by atoms with Crippen LogP contribution >= 0.6 is 0 Å². The molecule has 1 aromatic rings. The fraction of sp³-hybridized carbons (Fsp3) is 0.467. The Morgan fingerprint density at radius 1 is 1.19 bits per heavy atom. The number of rotatable bonds is 4. The van der Waals surface area contributed by atoms with Crippen LogP contribution in [0.3, 0.4) is 0 Å². The van der Waals surface area contributed by atoms with Crippen molar-refractivity contribution in [3.63, 3.8) is 0 Å². The predicted molar refractivity (Wildman–Crippen MR) is 71.4 cm³/mol. The van der Waals surface area contributed by atoms with Crippen molar-refractivity contribution in [1.82, 2.24) is 0 Å². The van der Waals surface area contributed by atoms with Gasteiger partial charge >= 0.3 is 0 Å². The molecule has 0 fully saturated rings. The molecule has 0 amide bonds. The lowest BCUT2D eigenvalue weighted by molar-refractivity contribution is 0.590. The summed E-state index contributed by atoms with van der Waals surface area (Å²) in [5, 5.41) is 0. The van der Waals surface area contributed by atoms with E-state index in [-0.39, 0.29) is 5.41 Å². The van der Waals surface area contributed by atoms with Crippen LogP contribution in [0, 0.1) is 0 Å². The minimum atomic E-state index is 0.240. The molecule has 2 N–H and O–H groups in total. The molecule has 0 aliphatic rings. The number of allylic oxidation sites excluding steroid dienone is 1. The van der Waals surface area contributed by atoms with Crippen LogP contribution < -0.4 is 5.73 Å². The largest absolute Gasteiger partial charge is 0.403 e. The van der Waals surface area contributed by atoms with Gasteiger partial charge in [-0.25, -0.2) is 0 Å². The van der Waals surface area contributed by atoms with Gasteiger partial charge in [-0.05, 0) is 35.8 Å². The molecule has 0 heterocycles. The van der Waals surface area contributed by atoms with Crippen LogP contribution in [0.1, 0.15) is 44.7 Å². The zero-order chi connectivity index (χ0) is 12.2. The Morgan fingerprint density at radius 2 is 1.75 bits per heavy atom. The summed E-state index contributed by atoms with van der Waals surface area (Å²) in [4.78, 5) is 0. The fourth-order valence-electron chi connectivity index (χ4n) is 1.69. The normalized spacial score (nSPS) is 11.4. The molecule has 1 rings (SSSR count). The zero-order valence-electron chi connectivity index (χ0n) is 10.7. The summed E-state index contributed by atoms with van der Waals surface area (Å²) in [6, 6.07) is 8.90. The van der Waals surface area contributed by atoms with Crippen molar-refractivity contribution in [3.8, 4) is 0 Å². The van der Waals surface area contributed by atoms with E-state index in [1.54, 1.807) is 0 Å². The molecule has 0 saturated heterocycles. The summed E-state index contributed by atoms with van der Waals surface area (Å²) in [7, 11) is 0. The van der Waals surface area contributed by atoms with Crippen molar-refractivity contribution < 1.29 is 0 Å². The Labute approximate surface area is 99.4 Å². The van der Waals surface area contributed by atoms with E-state index < -0.39 is 0 Å². The molecule has 1 aromatic carbocycles. The van der Waals surface area contributed by atoms with Crippen LogP contribution in [-0.2, 0) is 11.8 Å². The van der Waals surface area contributed by atoms with Gasteiger partial charge in [0, 0.05) is 5.70 Å². The highest BCUT2D eigenvalue weighted by molar-refractivity contribution is 5.27. The predicted octanol–water partition coefficient (Wildman–Crippen LogP) is 3.78. The minimum Gasteiger partial charge on any atom is -0.403 e. The summed E-state index contributed by atoms with van der Waals surface area (Å²) in [6.45, 7) is 10.4. The first kappa shape index (κ1) is 12.8. The second-order valence-corrected chi connectivity index (χ2v) is 5.46. The van der Waals surface area contributed by atoms with E-state index in [0.29, 0.717) is 0 Å². The SMILES string of the molecule is C=C(N)CCCc1ccc(C(C)(C)C)cc1. The van der Waals surface area contributed by atoms with E-state index in [1.165, 1.54) is 11.1 Å². The van der Waals surface area contributed by atoms with Crippen LogP contribution in [0.2, 0.25) is 0 Å². The van der Waals surface area contributed by atoms with Gasteiger partial charge in [-0.1, -0.05) is 51.6 Å². The zero-order valence-corrected chi connectivity index (χ0v) is 10.7. The van der Waals surface area contributed by atoms with Crippen molar-refractivity contribution in [2.24, 2.45) is 5.73 Å². The molecule has 0 bridgehead atoms. The van der Waals surface area contributed by atoms with Crippen LogP contribution in [-0.4, -0.2) is 0 Å². The Morgan fingerprint density at radius 3 is 2.19 bits per heavy atom. The van der Waals surface area contributed by atoms with Crippen LogP contribution in [0.4, 0.5) is 0 Å². The van der Waals surface area contributed by atoms with E-state index in [9.17, 15) is 0 Å². The van der Waals surface area contributed by atoms with Gasteiger partial charge in [0.25, 0.3) is 0 Å². The van der Waals surface area contributed by atoms with E-state index in [2.05, 4.69) is 51.6 Å². The summed E-state index contributed by atoms with van der Waals surface area (Å²) in [5.41, 5.74) is 9.34. The lowest BCUT2D eigenvalue weighted by Gasteiger charge is -2.19. The highest BCUT2D eigenvalue weighted by Crippen LogP contribution is 2.22. The molecular weight excluding hydrogens is 194 g/mol. The van der Waals surface area contributed by atoms with Crippen LogP contribution in [0.25, 0.3) is 0 Å². The van der Waals surface area contributed by atoms with Gasteiger partial charge in [0.2, 0.25) is 0 Å². The number of hydrogen-bond acceptors (Lipinski definition) is 1. The third-order valence-corrected chi connectivity index (χ3v) is 2.78. The maximum atomic E-state index is 5.54. The van der Waals surface area contributed by atoms with Gasteiger partial charge in [-0.2, -0.15) is 0 Å². The molecule has 88 valence electrons. The third kappa shape index (κ3) is 4.09. The second-order valence-electron chi connectivity index (χ2n) is 5.46. The molecule has 0 aliphatic heterocycles. The number of aryl methyl sites for hydroxylation is 1. The molecule has 0 spiro atoms. The molecular formula is C15H23N. The standard InChI is InChI=1S/C15H23N/c1-12(16)6-5-7-13-8-10-14(11-9-13)15(2,3)4/h8-11H,1,5-7,16H2,2-4H3. The number of nitrogens with two attached hydrogens (primary N) is 1. The second kappa shape index (κ2) is 5.20. The molecule has 0 aliphatic carbocycles. The van der Waals surface area contributed by atoms with Crippen molar-refractivity contribution in [3.05, 3.63) is 47.7 Å². The first-order chi connectivity index (χ1) is 7.39. The van der Waals surface area contributed by atoms with Gasteiger partial charge in [0.15, 0.2) is 0 Å². The molecule has 0 saturated carbocycles. The first-order valence-electron chi connectivity index (χ1n) is 5.92. The first-order valence-corrected chi connectivity index (χ1v) is 5.92. The lowest BCUT2D eigenvalue weighted by Crippen LogP contribution is -2.10. The van der Waals surface area contributed by atoms with Gasteiger partial charge in [-0.3, -0.25) is 0 Å². The highest BCUT2D eigenvalue weighted by Gasteiger charge is 2.12. The lowest BCUT2D eigenvalue weighted by atomic mass is 9.86. The molecule has 1 nitrogen and oxygen atoms in total. The molecule has 0 radical (unpaired) electrons. The number of benzene rings is 1. The van der Waals surface area contributed by atoms with Crippen LogP contribution in [0.5, 0.6) is 0 Å². The quantitative estimate of drug-likeness (QED) is 0.816. The van der Waals surface area contributed by atoms with E-state index in [0.717, 1.165) is 25.0 Å². The smallest absolute Gasteiger partial charge is 0.000755 e. The average Bonchev–Trinajstić information content (AvgIpc) is 2.16. The molecule has 0 atom stereocenters. The van der Waals surface area contributed by atoms with Crippen LogP contribution in [0.15, 0.2) is 36.5 Å². The molecule has 0 unspecified atom stereocenters. The van der Waals surface area contributed by atoms with Crippen molar-refractivity contribution in [2.75, 3.05) is 0 Å². The number of hydrogen-bond donors (Lipinski definition) is 1. The van der Waals surface area contributed by atoms with Crippen molar-refractivity contribution in [1.29, 1.82) is 0 Å². The van der Waals surface area contributed by atoms with Crippen molar-refractivity contribution in [2.45, 2.75) is 45.4 Å². The Balaban J connectivity index is 2.55. The summed E-state index contributed by atoms with van der Waals surface area (Å²) in [6.07, 6.45) is 3.09. The summed E-state index contributed by atoms with van der Waals surface area (Å²) < 4.78 is 0. The highest BCUT2D eigenvalue weighted by atomic mass is 14.5. The molecule has 1 heteroatoms. The monoisotopic (exact) mass is 217 g/mol. The van der Waals surface area contributed by atoms with Crippen molar-refractivity contribution >= 4 is 0 Å². The topological polar surface area (TPSA) is 26.0 Å².